The number of nitro groups is 2. The van der Waals surface area contributed by atoms with Crippen LogP contribution in [-0.2, 0) is 0 Å². The number of rotatable bonds is 5. The second-order valence-electron chi connectivity index (χ2n) is 3.95. The van der Waals surface area contributed by atoms with Crippen molar-refractivity contribution in [1.82, 2.24) is 0 Å². The number of nitrogens with zero attached hydrogens (tertiary/aromatic N) is 2. The van der Waals surface area contributed by atoms with E-state index >= 15 is 0 Å². The number of halogens is 1. The fourth-order valence-electron chi connectivity index (χ4n) is 1.91. The van der Waals surface area contributed by atoms with Crippen molar-refractivity contribution >= 4 is 23.0 Å². The Bertz CT molecular complexity index is 476. The van der Waals surface area contributed by atoms with Gasteiger partial charge in [-0.15, -0.1) is 11.6 Å². The smallest absolute Gasteiger partial charge is 0.258 e. The van der Waals surface area contributed by atoms with Gasteiger partial charge in [0, 0.05) is 22.9 Å². The van der Waals surface area contributed by atoms with Crippen LogP contribution in [0.3, 0.4) is 0 Å². The van der Waals surface area contributed by atoms with E-state index in [2.05, 4.69) is 0 Å². The number of hydrogen-bond acceptors (Lipinski definition) is 4. The van der Waals surface area contributed by atoms with Gasteiger partial charge in [-0.1, -0.05) is 6.92 Å². The summed E-state index contributed by atoms with van der Waals surface area (Å²) in [5.74, 6) is -0.201. The monoisotopic (exact) mass is 272 g/mol. The first-order valence-corrected chi connectivity index (χ1v) is 5.88. The molecular weight excluding hydrogens is 260 g/mol. The van der Waals surface area contributed by atoms with Crippen LogP contribution in [0.25, 0.3) is 0 Å². The molecule has 2 unspecified atom stereocenters. The van der Waals surface area contributed by atoms with Gasteiger partial charge >= 0.3 is 0 Å². The third kappa shape index (κ3) is 2.95. The van der Waals surface area contributed by atoms with Crippen molar-refractivity contribution in [3.63, 3.8) is 0 Å². The summed E-state index contributed by atoms with van der Waals surface area (Å²) in [4.78, 5) is 20.3. The van der Waals surface area contributed by atoms with Gasteiger partial charge in [-0.2, -0.15) is 0 Å². The Labute approximate surface area is 109 Å². The highest BCUT2D eigenvalue weighted by atomic mass is 35.5. The summed E-state index contributed by atoms with van der Waals surface area (Å²) in [6.07, 6.45) is 0.628. The fraction of sp³-hybridized carbons (Fsp3) is 0.455. The van der Waals surface area contributed by atoms with Gasteiger partial charge in [-0.25, -0.2) is 0 Å². The number of benzene rings is 1. The van der Waals surface area contributed by atoms with Gasteiger partial charge in [0.15, 0.2) is 0 Å². The maximum absolute atomic E-state index is 11.0. The molecule has 0 saturated heterocycles. The quantitative estimate of drug-likeness (QED) is 0.465. The largest absolute Gasteiger partial charge is 0.279 e. The average Bonchev–Trinajstić information content (AvgIpc) is 2.29. The third-order valence-corrected chi connectivity index (χ3v) is 3.12. The Morgan fingerprint density at radius 3 is 2.28 bits per heavy atom. The van der Waals surface area contributed by atoms with Gasteiger partial charge < -0.3 is 0 Å². The predicted octanol–water partition coefficient (Wildman–Crippen LogP) is 3.62. The Hall–Kier alpha value is -1.69. The van der Waals surface area contributed by atoms with Crippen LogP contribution >= 0.6 is 11.6 Å². The average molecular weight is 273 g/mol. The SMILES string of the molecule is CCC(c1ccc([N+](=O)[O-])cc1[N+](=O)[O-])C(C)Cl. The molecule has 0 N–H and O–H groups in total. The molecular formula is C11H13ClN2O4. The molecule has 0 aliphatic rings. The topological polar surface area (TPSA) is 86.3 Å². The van der Waals surface area contributed by atoms with E-state index in [0.717, 1.165) is 6.07 Å². The molecule has 6 nitrogen and oxygen atoms in total. The molecule has 1 rings (SSSR count). The maximum atomic E-state index is 11.0. The summed E-state index contributed by atoms with van der Waals surface area (Å²) in [7, 11) is 0. The summed E-state index contributed by atoms with van der Waals surface area (Å²) < 4.78 is 0. The van der Waals surface area contributed by atoms with Crippen LogP contribution in [0.5, 0.6) is 0 Å². The van der Waals surface area contributed by atoms with Crippen molar-refractivity contribution in [2.75, 3.05) is 0 Å². The van der Waals surface area contributed by atoms with Crippen LogP contribution in [0.15, 0.2) is 18.2 Å². The van der Waals surface area contributed by atoms with E-state index in [0.29, 0.717) is 12.0 Å². The zero-order valence-electron chi connectivity index (χ0n) is 10.00. The van der Waals surface area contributed by atoms with E-state index in [1.165, 1.54) is 12.1 Å². The van der Waals surface area contributed by atoms with Crippen molar-refractivity contribution in [2.24, 2.45) is 0 Å². The summed E-state index contributed by atoms with van der Waals surface area (Å²) >= 11 is 6.00. The van der Waals surface area contributed by atoms with Crippen LogP contribution in [0.4, 0.5) is 11.4 Å². The second kappa shape index (κ2) is 5.77. The summed E-state index contributed by atoms with van der Waals surface area (Å²) in [5, 5.41) is 21.3. The molecule has 0 aliphatic heterocycles. The van der Waals surface area contributed by atoms with E-state index in [1.54, 1.807) is 6.92 Å². The van der Waals surface area contributed by atoms with Gasteiger partial charge in [0.05, 0.1) is 15.9 Å². The third-order valence-electron chi connectivity index (χ3n) is 2.82. The molecule has 7 heteroatoms. The van der Waals surface area contributed by atoms with Crippen molar-refractivity contribution in [1.29, 1.82) is 0 Å². The van der Waals surface area contributed by atoms with Gasteiger partial charge in [-0.05, 0) is 19.4 Å². The van der Waals surface area contributed by atoms with Gasteiger partial charge in [0.1, 0.15) is 0 Å². The molecule has 18 heavy (non-hydrogen) atoms. The summed E-state index contributed by atoms with van der Waals surface area (Å²) in [6.45, 7) is 3.62. The molecule has 0 spiro atoms. The summed E-state index contributed by atoms with van der Waals surface area (Å²) in [6, 6.07) is 3.67. The van der Waals surface area contributed by atoms with Crippen molar-refractivity contribution in [3.05, 3.63) is 44.0 Å². The fourth-order valence-corrected chi connectivity index (χ4v) is 2.22. The van der Waals surface area contributed by atoms with Gasteiger partial charge in [0.25, 0.3) is 11.4 Å². The van der Waals surface area contributed by atoms with Crippen LogP contribution in [0.1, 0.15) is 31.7 Å². The number of non-ortho nitro benzene ring substituents is 1. The maximum Gasteiger partial charge on any atom is 0.279 e. The van der Waals surface area contributed by atoms with Crippen molar-refractivity contribution in [3.8, 4) is 0 Å². The van der Waals surface area contributed by atoms with E-state index in [1.807, 2.05) is 6.92 Å². The lowest BCUT2D eigenvalue weighted by Gasteiger charge is -2.17. The molecule has 1 aromatic carbocycles. The summed E-state index contributed by atoms with van der Waals surface area (Å²) in [5.41, 5.74) is -0.0957. The molecule has 0 amide bonds. The van der Waals surface area contributed by atoms with E-state index in [4.69, 9.17) is 11.6 Å². The molecule has 2 atom stereocenters. The molecule has 0 saturated carbocycles. The highest BCUT2D eigenvalue weighted by Gasteiger charge is 2.26. The first kappa shape index (κ1) is 14.4. The first-order chi connectivity index (χ1) is 8.38. The predicted molar refractivity (Wildman–Crippen MR) is 68.1 cm³/mol. The Morgan fingerprint density at radius 1 is 1.28 bits per heavy atom. The molecule has 0 aromatic heterocycles. The Kier molecular flexibility index (Phi) is 4.61. The minimum Gasteiger partial charge on any atom is -0.258 e. The lowest BCUT2D eigenvalue weighted by atomic mass is 9.92. The molecule has 0 bridgehead atoms. The van der Waals surface area contributed by atoms with Crippen LogP contribution in [0, 0.1) is 20.2 Å². The van der Waals surface area contributed by atoms with Gasteiger partial charge in [-0.3, -0.25) is 20.2 Å². The zero-order valence-corrected chi connectivity index (χ0v) is 10.8. The minimum atomic E-state index is -0.651. The highest BCUT2D eigenvalue weighted by molar-refractivity contribution is 6.20. The van der Waals surface area contributed by atoms with Crippen LogP contribution < -0.4 is 0 Å². The lowest BCUT2D eigenvalue weighted by molar-refractivity contribution is -0.394. The highest BCUT2D eigenvalue weighted by Crippen LogP contribution is 2.35. The van der Waals surface area contributed by atoms with E-state index < -0.39 is 9.85 Å². The van der Waals surface area contributed by atoms with Crippen LogP contribution in [-0.4, -0.2) is 15.2 Å². The number of alkyl halides is 1. The van der Waals surface area contributed by atoms with Crippen molar-refractivity contribution in [2.45, 2.75) is 31.6 Å². The standard InChI is InChI=1S/C11H13ClN2O4/c1-3-9(7(2)12)10-5-4-8(13(15)16)6-11(10)14(17)18/h4-7,9H,3H2,1-2H3. The molecule has 0 heterocycles. The Balaban J connectivity index is 3.35. The van der Waals surface area contributed by atoms with Crippen LogP contribution in [0.2, 0.25) is 0 Å². The van der Waals surface area contributed by atoms with E-state index in [9.17, 15) is 20.2 Å². The van der Waals surface area contributed by atoms with E-state index in [-0.39, 0.29) is 22.7 Å². The molecule has 1 aromatic rings. The minimum absolute atomic E-state index is 0.201. The lowest BCUT2D eigenvalue weighted by Crippen LogP contribution is -2.11. The van der Waals surface area contributed by atoms with Crippen molar-refractivity contribution < 1.29 is 9.85 Å². The number of nitro benzene ring substituents is 2. The normalized spacial score (nSPS) is 13.9. The van der Waals surface area contributed by atoms with Gasteiger partial charge in [0.2, 0.25) is 0 Å². The Morgan fingerprint density at radius 2 is 1.89 bits per heavy atom. The number of hydrogen-bond donors (Lipinski definition) is 0. The molecule has 0 radical (unpaired) electrons. The molecule has 0 aliphatic carbocycles. The second-order valence-corrected chi connectivity index (χ2v) is 4.64. The molecule has 0 fully saturated rings. The molecule has 98 valence electrons. The zero-order chi connectivity index (χ0) is 13.9. The first-order valence-electron chi connectivity index (χ1n) is 5.45.